The second kappa shape index (κ2) is 11.0. The number of rotatable bonds is 6. The van der Waals surface area contributed by atoms with Gasteiger partial charge in [-0.25, -0.2) is 4.79 Å². The summed E-state index contributed by atoms with van der Waals surface area (Å²) in [7, 11) is 1.38. The summed E-state index contributed by atoms with van der Waals surface area (Å²) in [6.45, 7) is 1.87. The van der Waals surface area contributed by atoms with Gasteiger partial charge in [0.1, 0.15) is 11.6 Å². The van der Waals surface area contributed by atoms with Crippen molar-refractivity contribution in [3.8, 4) is 17.6 Å². The predicted molar refractivity (Wildman–Crippen MR) is 128 cm³/mol. The van der Waals surface area contributed by atoms with E-state index >= 15 is 0 Å². The molecule has 0 radical (unpaired) electrons. The van der Waals surface area contributed by atoms with Crippen molar-refractivity contribution in [2.75, 3.05) is 12.4 Å². The summed E-state index contributed by atoms with van der Waals surface area (Å²) >= 11 is 5.91. The van der Waals surface area contributed by atoms with E-state index in [1.807, 2.05) is 6.92 Å². The summed E-state index contributed by atoms with van der Waals surface area (Å²) < 4.78 is 49.7. The monoisotopic (exact) mass is 514 g/mol. The standard InChI is InChI=1S/C26H18ClF3N2O4/c1-15-3-6-17(7-4-15)25(34)36-23-12-16(5-10-22(23)35-2)11-18(14-31)24(33)32-21-13-19(26(28,29)30)8-9-20(21)27/h3-13H,1-2H3,(H,32,33). The molecule has 0 aromatic heterocycles. The fraction of sp³-hybridized carbons (Fsp3) is 0.115. The first-order valence-electron chi connectivity index (χ1n) is 10.3. The van der Waals surface area contributed by atoms with Crippen LogP contribution in [0.15, 0.2) is 66.2 Å². The third kappa shape index (κ3) is 6.43. The molecule has 3 aromatic carbocycles. The Hall–Kier alpha value is -4.29. The molecule has 0 fully saturated rings. The maximum atomic E-state index is 13.0. The van der Waals surface area contributed by atoms with Crippen LogP contribution >= 0.6 is 11.6 Å². The van der Waals surface area contributed by atoms with Crippen molar-refractivity contribution >= 4 is 35.2 Å². The van der Waals surface area contributed by atoms with Crippen LogP contribution in [0.4, 0.5) is 18.9 Å². The zero-order valence-electron chi connectivity index (χ0n) is 18.9. The first-order chi connectivity index (χ1) is 17.0. The molecule has 36 heavy (non-hydrogen) atoms. The molecule has 0 aliphatic rings. The smallest absolute Gasteiger partial charge is 0.416 e. The van der Waals surface area contributed by atoms with Crippen molar-refractivity contribution in [1.29, 1.82) is 5.26 Å². The van der Waals surface area contributed by atoms with Gasteiger partial charge in [-0.1, -0.05) is 35.4 Å². The van der Waals surface area contributed by atoms with Crippen molar-refractivity contribution in [2.45, 2.75) is 13.1 Å². The Bertz CT molecular complexity index is 1380. The largest absolute Gasteiger partial charge is 0.493 e. The Balaban J connectivity index is 1.87. The third-order valence-electron chi connectivity index (χ3n) is 4.90. The van der Waals surface area contributed by atoms with Gasteiger partial charge in [-0.3, -0.25) is 4.79 Å². The van der Waals surface area contributed by atoms with Crippen molar-refractivity contribution in [2.24, 2.45) is 0 Å². The van der Waals surface area contributed by atoms with E-state index in [1.54, 1.807) is 30.3 Å². The molecule has 0 saturated heterocycles. The Morgan fingerprint density at radius 2 is 1.72 bits per heavy atom. The van der Waals surface area contributed by atoms with Crippen LogP contribution in [-0.2, 0) is 11.0 Å². The molecule has 184 valence electrons. The molecule has 10 heteroatoms. The number of methoxy groups -OCH3 is 1. The molecule has 0 saturated carbocycles. The van der Waals surface area contributed by atoms with Gasteiger partial charge in [-0.05, 0) is 61.0 Å². The average molecular weight is 515 g/mol. The predicted octanol–water partition coefficient (Wildman–Crippen LogP) is 6.44. The van der Waals surface area contributed by atoms with Crippen LogP contribution in [0.3, 0.4) is 0 Å². The van der Waals surface area contributed by atoms with E-state index in [4.69, 9.17) is 21.1 Å². The normalized spacial score (nSPS) is 11.4. The van der Waals surface area contributed by atoms with Gasteiger partial charge in [0.2, 0.25) is 0 Å². The highest BCUT2D eigenvalue weighted by Gasteiger charge is 2.31. The lowest BCUT2D eigenvalue weighted by Gasteiger charge is -2.12. The van der Waals surface area contributed by atoms with E-state index in [0.717, 1.165) is 17.7 Å². The molecule has 0 heterocycles. The zero-order chi connectivity index (χ0) is 26.5. The summed E-state index contributed by atoms with van der Waals surface area (Å²) in [5.74, 6) is -1.36. The number of alkyl halides is 3. The summed E-state index contributed by atoms with van der Waals surface area (Å²) in [5, 5.41) is 11.6. The Labute approximate surface area is 209 Å². The highest BCUT2D eigenvalue weighted by atomic mass is 35.5. The SMILES string of the molecule is COc1ccc(C=C(C#N)C(=O)Nc2cc(C(F)(F)F)ccc2Cl)cc1OC(=O)c1ccc(C)cc1. The molecule has 0 spiro atoms. The van der Waals surface area contributed by atoms with E-state index < -0.39 is 29.2 Å². The van der Waals surface area contributed by atoms with Gasteiger partial charge < -0.3 is 14.8 Å². The number of halogens is 4. The highest BCUT2D eigenvalue weighted by molar-refractivity contribution is 6.34. The zero-order valence-corrected chi connectivity index (χ0v) is 19.7. The van der Waals surface area contributed by atoms with Gasteiger partial charge in [0.05, 0.1) is 28.9 Å². The Morgan fingerprint density at radius 3 is 2.33 bits per heavy atom. The first kappa shape index (κ1) is 26.3. The van der Waals surface area contributed by atoms with Gasteiger partial charge in [0.15, 0.2) is 11.5 Å². The minimum Gasteiger partial charge on any atom is -0.493 e. The van der Waals surface area contributed by atoms with Crippen molar-refractivity contribution in [3.63, 3.8) is 0 Å². The number of nitrogens with zero attached hydrogens (tertiary/aromatic N) is 1. The number of carbonyl (C=O) groups is 2. The number of hydrogen-bond donors (Lipinski definition) is 1. The van der Waals surface area contributed by atoms with Crippen LogP contribution < -0.4 is 14.8 Å². The van der Waals surface area contributed by atoms with Gasteiger partial charge in [0.25, 0.3) is 5.91 Å². The molecule has 6 nitrogen and oxygen atoms in total. The van der Waals surface area contributed by atoms with Crippen molar-refractivity contribution < 1.29 is 32.2 Å². The minimum absolute atomic E-state index is 0.0374. The fourth-order valence-corrected chi connectivity index (χ4v) is 3.18. The summed E-state index contributed by atoms with van der Waals surface area (Å²) in [5.41, 5.74) is -0.183. The Kier molecular flexibility index (Phi) is 8.02. The van der Waals surface area contributed by atoms with Crippen LogP contribution in [0.2, 0.25) is 5.02 Å². The molecule has 1 N–H and O–H groups in total. The van der Waals surface area contributed by atoms with E-state index in [9.17, 15) is 28.0 Å². The van der Waals surface area contributed by atoms with E-state index in [1.165, 1.54) is 31.4 Å². The summed E-state index contributed by atoms with van der Waals surface area (Å²) in [6, 6.07) is 15.2. The fourth-order valence-electron chi connectivity index (χ4n) is 3.01. The number of aryl methyl sites for hydroxylation is 1. The molecule has 0 atom stereocenters. The number of nitriles is 1. The number of hydrogen-bond acceptors (Lipinski definition) is 5. The van der Waals surface area contributed by atoms with Crippen LogP contribution in [-0.4, -0.2) is 19.0 Å². The number of ether oxygens (including phenoxy) is 2. The van der Waals surface area contributed by atoms with Gasteiger partial charge >= 0.3 is 12.1 Å². The second-order valence-electron chi connectivity index (χ2n) is 7.48. The lowest BCUT2D eigenvalue weighted by atomic mass is 10.1. The average Bonchev–Trinajstić information content (AvgIpc) is 2.83. The quantitative estimate of drug-likeness (QED) is 0.177. The first-order valence-corrected chi connectivity index (χ1v) is 10.7. The van der Waals surface area contributed by atoms with E-state index in [2.05, 4.69) is 5.32 Å². The van der Waals surface area contributed by atoms with Gasteiger partial charge in [-0.15, -0.1) is 0 Å². The van der Waals surface area contributed by atoms with E-state index in [0.29, 0.717) is 17.2 Å². The number of esters is 1. The third-order valence-corrected chi connectivity index (χ3v) is 5.23. The minimum atomic E-state index is -4.65. The highest BCUT2D eigenvalue weighted by Crippen LogP contribution is 2.34. The molecule has 1 amide bonds. The van der Waals surface area contributed by atoms with Crippen LogP contribution in [0.5, 0.6) is 11.5 Å². The van der Waals surface area contributed by atoms with Crippen molar-refractivity contribution in [3.05, 3.63) is 93.5 Å². The molecule has 0 aliphatic carbocycles. The molecule has 0 bridgehead atoms. The number of benzene rings is 3. The summed E-state index contributed by atoms with van der Waals surface area (Å²) in [4.78, 5) is 25.1. The van der Waals surface area contributed by atoms with Crippen molar-refractivity contribution in [1.82, 2.24) is 0 Å². The second-order valence-corrected chi connectivity index (χ2v) is 7.89. The number of amides is 1. The maximum Gasteiger partial charge on any atom is 0.416 e. The molecule has 0 aliphatic heterocycles. The molecule has 3 aromatic rings. The number of nitrogens with one attached hydrogen (secondary N) is 1. The van der Waals surface area contributed by atoms with E-state index in [-0.39, 0.29) is 22.2 Å². The van der Waals surface area contributed by atoms with Gasteiger partial charge in [-0.2, -0.15) is 18.4 Å². The maximum absolute atomic E-state index is 13.0. The van der Waals surface area contributed by atoms with Crippen LogP contribution in [0.1, 0.15) is 27.0 Å². The molecular formula is C26H18ClF3N2O4. The Morgan fingerprint density at radius 1 is 1.03 bits per heavy atom. The molecular weight excluding hydrogens is 497 g/mol. The van der Waals surface area contributed by atoms with Crippen LogP contribution in [0.25, 0.3) is 6.08 Å². The topological polar surface area (TPSA) is 88.4 Å². The molecule has 0 unspecified atom stereocenters. The van der Waals surface area contributed by atoms with Crippen LogP contribution in [0, 0.1) is 18.3 Å². The summed E-state index contributed by atoms with van der Waals surface area (Å²) in [6.07, 6.45) is -3.47. The lowest BCUT2D eigenvalue weighted by Crippen LogP contribution is -2.15. The van der Waals surface area contributed by atoms with Gasteiger partial charge in [0, 0.05) is 0 Å². The lowest BCUT2D eigenvalue weighted by molar-refractivity contribution is -0.137. The number of carbonyl (C=O) groups excluding carboxylic acids is 2. The molecule has 3 rings (SSSR count). The number of anilines is 1.